The van der Waals surface area contributed by atoms with E-state index in [4.69, 9.17) is 5.73 Å². The Morgan fingerprint density at radius 1 is 0.440 bits per heavy atom. The van der Waals surface area contributed by atoms with Crippen molar-refractivity contribution in [1.29, 1.82) is 0 Å². The standard InChI is InChI=1S/C47H35N.C2H6/c1-25-10-14-35-40(18-25)39(31-13-17-34-33-16-12-30(29-8-6-5-7-9-29)20-37(33)28(4)38(34)21-31)23-42-36-15-11-26(2)46-45-27(3)19-32(48)22-43(45)44(47(36)46)24-41(35)42;1-2/h5-24,28H,48H2,1-4H3;1-2H3. The molecule has 0 aliphatic heterocycles. The van der Waals surface area contributed by atoms with Gasteiger partial charge in [-0.2, -0.15) is 0 Å². The molecule has 0 fully saturated rings. The predicted molar refractivity (Wildman–Crippen MR) is 217 cm³/mol. The molecule has 1 nitrogen and oxygen atoms in total. The summed E-state index contributed by atoms with van der Waals surface area (Å²) in [6.45, 7) is 13.0. The lowest BCUT2D eigenvalue weighted by molar-refractivity contribution is 0.957. The Balaban J connectivity index is 0.00000165. The lowest BCUT2D eigenvalue weighted by atomic mass is 9.87. The van der Waals surface area contributed by atoms with Crippen molar-refractivity contribution in [3.63, 3.8) is 0 Å². The predicted octanol–water partition coefficient (Wildman–Crippen LogP) is 13.8. The Labute approximate surface area is 295 Å². The minimum Gasteiger partial charge on any atom is -0.399 e. The first-order valence-corrected chi connectivity index (χ1v) is 18.0. The van der Waals surface area contributed by atoms with Crippen molar-refractivity contribution in [3.05, 3.63) is 149 Å². The molecule has 2 aliphatic carbocycles. The zero-order valence-electron chi connectivity index (χ0n) is 29.7. The van der Waals surface area contributed by atoms with E-state index < -0.39 is 0 Å². The molecule has 50 heavy (non-hydrogen) atoms. The summed E-state index contributed by atoms with van der Waals surface area (Å²) in [6.07, 6.45) is 0. The summed E-state index contributed by atoms with van der Waals surface area (Å²) >= 11 is 0. The molecule has 2 N–H and O–H groups in total. The third-order valence-electron chi connectivity index (χ3n) is 11.2. The van der Waals surface area contributed by atoms with Crippen molar-refractivity contribution >= 4 is 38.0 Å². The Hall–Kier alpha value is -5.66. The molecule has 0 saturated heterocycles. The van der Waals surface area contributed by atoms with Gasteiger partial charge in [0.25, 0.3) is 0 Å². The number of aryl methyl sites for hydroxylation is 3. The van der Waals surface area contributed by atoms with E-state index in [0.29, 0.717) is 5.92 Å². The van der Waals surface area contributed by atoms with E-state index in [2.05, 4.69) is 149 Å². The molecular formula is C49H41N. The van der Waals surface area contributed by atoms with Crippen LogP contribution in [0.5, 0.6) is 0 Å². The number of anilines is 1. The largest absolute Gasteiger partial charge is 0.399 e. The number of benzene rings is 8. The second-order valence-electron chi connectivity index (χ2n) is 14.1. The minimum atomic E-state index is 0.323. The maximum atomic E-state index is 6.45. The van der Waals surface area contributed by atoms with Gasteiger partial charge in [-0.25, -0.2) is 0 Å². The zero-order valence-corrected chi connectivity index (χ0v) is 29.7. The van der Waals surface area contributed by atoms with E-state index >= 15 is 0 Å². The first-order valence-electron chi connectivity index (χ1n) is 18.0. The second kappa shape index (κ2) is 11.2. The first kappa shape index (κ1) is 30.4. The molecule has 0 aromatic heterocycles. The topological polar surface area (TPSA) is 26.0 Å². The van der Waals surface area contributed by atoms with Crippen LogP contribution in [0.3, 0.4) is 0 Å². The highest BCUT2D eigenvalue weighted by Crippen LogP contribution is 2.54. The number of nitrogens with two attached hydrogens (primary N) is 1. The quantitative estimate of drug-likeness (QED) is 0.147. The van der Waals surface area contributed by atoms with Gasteiger partial charge in [0.2, 0.25) is 0 Å². The fourth-order valence-electron chi connectivity index (χ4n) is 8.98. The van der Waals surface area contributed by atoms with Crippen LogP contribution in [0.2, 0.25) is 0 Å². The second-order valence-corrected chi connectivity index (χ2v) is 14.1. The highest BCUT2D eigenvalue weighted by Gasteiger charge is 2.29. The molecule has 242 valence electrons. The van der Waals surface area contributed by atoms with Gasteiger partial charge < -0.3 is 5.73 Å². The summed E-state index contributed by atoms with van der Waals surface area (Å²) < 4.78 is 0. The average molecular weight is 644 g/mol. The highest BCUT2D eigenvalue weighted by atomic mass is 14.5. The number of hydrogen-bond acceptors (Lipinski definition) is 1. The summed E-state index contributed by atoms with van der Waals surface area (Å²) in [5.41, 5.74) is 27.0. The Morgan fingerprint density at radius 2 is 1.10 bits per heavy atom. The third kappa shape index (κ3) is 4.26. The summed E-state index contributed by atoms with van der Waals surface area (Å²) in [7, 11) is 0. The Bertz CT molecular complexity index is 2710. The fraction of sp³-hybridized carbons (Fsp3) is 0.143. The fourth-order valence-corrected chi connectivity index (χ4v) is 8.98. The van der Waals surface area contributed by atoms with Crippen molar-refractivity contribution in [2.24, 2.45) is 0 Å². The van der Waals surface area contributed by atoms with Crippen LogP contribution >= 0.6 is 0 Å². The molecule has 8 aromatic rings. The number of rotatable bonds is 2. The van der Waals surface area contributed by atoms with Gasteiger partial charge in [-0.3, -0.25) is 0 Å². The zero-order chi connectivity index (χ0) is 34.4. The molecular weight excluding hydrogens is 603 g/mol. The molecule has 2 aliphatic rings. The Morgan fingerprint density at radius 3 is 1.86 bits per heavy atom. The van der Waals surface area contributed by atoms with Crippen molar-refractivity contribution < 1.29 is 0 Å². The molecule has 0 amide bonds. The van der Waals surface area contributed by atoms with E-state index in [1.165, 1.54) is 116 Å². The van der Waals surface area contributed by atoms with E-state index in [-0.39, 0.29) is 0 Å². The molecule has 0 radical (unpaired) electrons. The number of hydrogen-bond donors (Lipinski definition) is 1. The monoisotopic (exact) mass is 643 g/mol. The smallest absolute Gasteiger partial charge is 0.0323 e. The number of nitrogen functional groups attached to an aromatic ring is 1. The molecule has 10 rings (SSSR count). The maximum Gasteiger partial charge on any atom is 0.0323 e. The van der Waals surface area contributed by atoms with E-state index in [1.54, 1.807) is 0 Å². The third-order valence-corrected chi connectivity index (χ3v) is 11.2. The first-order chi connectivity index (χ1) is 24.4. The van der Waals surface area contributed by atoms with Crippen LogP contribution in [0, 0.1) is 20.8 Å². The van der Waals surface area contributed by atoms with Gasteiger partial charge in [-0.1, -0.05) is 111 Å². The van der Waals surface area contributed by atoms with Crippen LogP contribution in [-0.2, 0) is 0 Å². The summed E-state index contributed by atoms with van der Waals surface area (Å²) in [6, 6.07) is 45.8. The van der Waals surface area contributed by atoms with Crippen LogP contribution in [0.1, 0.15) is 54.5 Å². The molecule has 1 atom stereocenters. The molecule has 1 heteroatoms. The maximum absolute atomic E-state index is 6.45. The van der Waals surface area contributed by atoms with Gasteiger partial charge >= 0.3 is 0 Å². The van der Waals surface area contributed by atoms with E-state index in [9.17, 15) is 0 Å². The molecule has 0 saturated carbocycles. The van der Waals surface area contributed by atoms with E-state index in [1.807, 2.05) is 13.8 Å². The van der Waals surface area contributed by atoms with Crippen LogP contribution in [-0.4, -0.2) is 0 Å². The van der Waals surface area contributed by atoms with Gasteiger partial charge in [0.15, 0.2) is 0 Å². The lowest BCUT2D eigenvalue weighted by Gasteiger charge is -2.17. The van der Waals surface area contributed by atoms with Crippen molar-refractivity contribution in [2.75, 3.05) is 5.73 Å². The minimum absolute atomic E-state index is 0.323. The number of fused-ring (bicyclic) bond motifs is 10. The van der Waals surface area contributed by atoms with Crippen molar-refractivity contribution in [1.82, 2.24) is 0 Å². The van der Waals surface area contributed by atoms with Crippen LogP contribution < -0.4 is 5.73 Å². The molecule has 0 spiro atoms. The van der Waals surface area contributed by atoms with Crippen LogP contribution in [0.25, 0.3) is 88.0 Å². The Kier molecular flexibility index (Phi) is 6.80. The molecule has 1 unspecified atom stereocenters. The van der Waals surface area contributed by atoms with Gasteiger partial charge in [0, 0.05) is 11.6 Å². The van der Waals surface area contributed by atoms with Gasteiger partial charge in [0.1, 0.15) is 0 Å². The summed E-state index contributed by atoms with van der Waals surface area (Å²) in [5.74, 6) is 0.323. The summed E-state index contributed by atoms with van der Waals surface area (Å²) in [4.78, 5) is 0. The van der Waals surface area contributed by atoms with Gasteiger partial charge in [0.05, 0.1) is 0 Å². The highest BCUT2D eigenvalue weighted by molar-refractivity contribution is 6.29. The van der Waals surface area contributed by atoms with Crippen LogP contribution in [0.4, 0.5) is 5.69 Å². The van der Waals surface area contributed by atoms with Crippen LogP contribution in [0.15, 0.2) is 121 Å². The SMILES string of the molecule is CC.Cc1ccc2c(c1)c(-c1ccc3c(c1)C(C)c1cc(-c4ccccc4)ccc1-3)cc1c3ccc(C)c4c3c(cc21)-c1cc(N)cc(C)c1-4. The normalized spacial score (nSPS) is 13.7. The molecule has 8 aromatic carbocycles. The van der Waals surface area contributed by atoms with Crippen molar-refractivity contribution in [3.8, 4) is 55.6 Å². The van der Waals surface area contributed by atoms with Gasteiger partial charge in [-0.05, 0) is 167 Å². The summed E-state index contributed by atoms with van der Waals surface area (Å²) in [5, 5.41) is 7.88. The lowest BCUT2D eigenvalue weighted by Crippen LogP contribution is -1.92. The molecule has 0 heterocycles. The van der Waals surface area contributed by atoms with Gasteiger partial charge in [-0.15, -0.1) is 0 Å². The van der Waals surface area contributed by atoms with Crippen molar-refractivity contribution in [2.45, 2.75) is 47.5 Å². The van der Waals surface area contributed by atoms with E-state index in [0.717, 1.165) is 5.69 Å². The average Bonchev–Trinajstić information content (AvgIpc) is 3.62. The molecule has 0 bridgehead atoms.